The molecule has 4 rings (SSSR count). The Morgan fingerprint density at radius 2 is 1.12 bits per heavy atom. The Kier molecular flexibility index (Phi) is 4.17. The summed E-state index contributed by atoms with van der Waals surface area (Å²) < 4.78 is 0. The second-order valence-electron chi connectivity index (χ2n) is 6.29. The van der Waals surface area contributed by atoms with Crippen molar-refractivity contribution in [2.75, 3.05) is 5.73 Å². The van der Waals surface area contributed by atoms with Crippen LogP contribution >= 0.6 is 0 Å². The lowest BCUT2D eigenvalue weighted by Crippen LogP contribution is -2.05. The zero-order valence-corrected chi connectivity index (χ0v) is 14.0. The molecule has 0 spiro atoms. The minimum atomic E-state index is 0.610. The first-order chi connectivity index (χ1) is 12.3. The SMILES string of the molecule is Nc1nc(Cc2ccccc2)c(Cc2ccccc2)c2ccccc12. The van der Waals surface area contributed by atoms with E-state index in [0.717, 1.165) is 23.9 Å². The van der Waals surface area contributed by atoms with Gasteiger partial charge in [-0.2, -0.15) is 0 Å². The van der Waals surface area contributed by atoms with Gasteiger partial charge in [-0.25, -0.2) is 4.98 Å². The third-order valence-corrected chi connectivity index (χ3v) is 4.57. The minimum Gasteiger partial charge on any atom is -0.383 e. The molecular formula is C23H20N2. The zero-order chi connectivity index (χ0) is 17.1. The summed E-state index contributed by atoms with van der Waals surface area (Å²) in [6.45, 7) is 0. The molecular weight excluding hydrogens is 304 g/mol. The van der Waals surface area contributed by atoms with Gasteiger partial charge in [0, 0.05) is 11.8 Å². The largest absolute Gasteiger partial charge is 0.383 e. The van der Waals surface area contributed by atoms with Crippen LogP contribution in [0.4, 0.5) is 5.82 Å². The standard InChI is InChI=1S/C23H20N2/c24-23-20-14-8-7-13-19(20)21(15-17-9-3-1-4-10-17)22(25-23)16-18-11-5-2-6-12-18/h1-14H,15-16H2,(H2,24,25). The monoisotopic (exact) mass is 324 g/mol. The van der Waals surface area contributed by atoms with Crippen molar-refractivity contribution in [1.82, 2.24) is 4.98 Å². The van der Waals surface area contributed by atoms with E-state index in [-0.39, 0.29) is 0 Å². The van der Waals surface area contributed by atoms with Gasteiger partial charge in [0.15, 0.2) is 0 Å². The normalized spacial score (nSPS) is 10.9. The zero-order valence-electron chi connectivity index (χ0n) is 14.0. The van der Waals surface area contributed by atoms with Gasteiger partial charge >= 0.3 is 0 Å². The Morgan fingerprint density at radius 3 is 1.76 bits per heavy atom. The van der Waals surface area contributed by atoms with Gasteiger partial charge in [-0.1, -0.05) is 84.9 Å². The van der Waals surface area contributed by atoms with Crippen molar-refractivity contribution in [1.29, 1.82) is 0 Å². The van der Waals surface area contributed by atoms with Crippen LogP contribution in [-0.2, 0) is 12.8 Å². The van der Waals surface area contributed by atoms with Crippen LogP contribution in [0.25, 0.3) is 10.8 Å². The van der Waals surface area contributed by atoms with E-state index in [9.17, 15) is 0 Å². The highest BCUT2D eigenvalue weighted by molar-refractivity contribution is 5.94. The number of fused-ring (bicyclic) bond motifs is 1. The van der Waals surface area contributed by atoms with E-state index in [4.69, 9.17) is 10.7 Å². The van der Waals surface area contributed by atoms with Gasteiger partial charge in [-0.05, 0) is 28.5 Å². The molecule has 4 aromatic rings. The second-order valence-corrected chi connectivity index (χ2v) is 6.29. The number of pyridine rings is 1. The summed E-state index contributed by atoms with van der Waals surface area (Å²) in [5.41, 5.74) is 11.1. The molecule has 2 heteroatoms. The molecule has 0 fully saturated rings. The molecule has 0 bridgehead atoms. The summed E-state index contributed by atoms with van der Waals surface area (Å²) in [7, 11) is 0. The average molecular weight is 324 g/mol. The van der Waals surface area contributed by atoms with Crippen molar-refractivity contribution >= 4 is 16.6 Å². The molecule has 0 aliphatic heterocycles. The van der Waals surface area contributed by atoms with Crippen molar-refractivity contribution in [2.45, 2.75) is 12.8 Å². The van der Waals surface area contributed by atoms with Crippen molar-refractivity contribution in [2.24, 2.45) is 0 Å². The number of nitrogens with two attached hydrogens (primary N) is 1. The molecule has 0 amide bonds. The van der Waals surface area contributed by atoms with Crippen LogP contribution in [0.3, 0.4) is 0 Å². The topological polar surface area (TPSA) is 38.9 Å². The minimum absolute atomic E-state index is 0.610. The fraction of sp³-hybridized carbons (Fsp3) is 0.0870. The van der Waals surface area contributed by atoms with Gasteiger partial charge in [0.05, 0.1) is 5.69 Å². The van der Waals surface area contributed by atoms with Gasteiger partial charge < -0.3 is 5.73 Å². The van der Waals surface area contributed by atoms with E-state index in [1.54, 1.807) is 0 Å². The summed E-state index contributed by atoms with van der Waals surface area (Å²) in [6, 6.07) is 29.3. The van der Waals surface area contributed by atoms with Crippen molar-refractivity contribution in [3.05, 3.63) is 107 Å². The summed E-state index contributed by atoms with van der Waals surface area (Å²) >= 11 is 0. The molecule has 0 saturated carbocycles. The van der Waals surface area contributed by atoms with Crippen LogP contribution in [-0.4, -0.2) is 4.98 Å². The fourth-order valence-corrected chi connectivity index (χ4v) is 3.33. The van der Waals surface area contributed by atoms with Crippen molar-refractivity contribution in [3.63, 3.8) is 0 Å². The molecule has 0 unspecified atom stereocenters. The number of aromatic nitrogens is 1. The fourth-order valence-electron chi connectivity index (χ4n) is 3.33. The molecule has 0 aliphatic rings. The highest BCUT2D eigenvalue weighted by Gasteiger charge is 2.13. The molecule has 2 N–H and O–H groups in total. The van der Waals surface area contributed by atoms with Crippen LogP contribution in [0.5, 0.6) is 0 Å². The lowest BCUT2D eigenvalue weighted by atomic mass is 9.94. The predicted molar refractivity (Wildman–Crippen MR) is 105 cm³/mol. The number of hydrogen-bond donors (Lipinski definition) is 1. The number of rotatable bonds is 4. The van der Waals surface area contributed by atoms with Crippen LogP contribution in [0.1, 0.15) is 22.4 Å². The summed E-state index contributed by atoms with van der Waals surface area (Å²) in [5, 5.41) is 2.23. The second kappa shape index (κ2) is 6.78. The van der Waals surface area contributed by atoms with Gasteiger partial charge in [0.2, 0.25) is 0 Å². The van der Waals surface area contributed by atoms with Crippen LogP contribution < -0.4 is 5.73 Å². The number of hydrogen-bond acceptors (Lipinski definition) is 2. The maximum absolute atomic E-state index is 6.26. The van der Waals surface area contributed by atoms with E-state index in [1.165, 1.54) is 22.1 Å². The van der Waals surface area contributed by atoms with E-state index in [0.29, 0.717) is 5.82 Å². The summed E-state index contributed by atoms with van der Waals surface area (Å²) in [5.74, 6) is 0.610. The number of nitrogen functional groups attached to an aromatic ring is 1. The highest BCUT2D eigenvalue weighted by atomic mass is 14.8. The molecule has 1 heterocycles. The van der Waals surface area contributed by atoms with Gasteiger partial charge in [-0.15, -0.1) is 0 Å². The third-order valence-electron chi connectivity index (χ3n) is 4.57. The van der Waals surface area contributed by atoms with E-state index in [2.05, 4.69) is 66.7 Å². The molecule has 1 aromatic heterocycles. The predicted octanol–water partition coefficient (Wildman–Crippen LogP) is 5.00. The molecule has 0 aliphatic carbocycles. The number of anilines is 1. The summed E-state index contributed by atoms with van der Waals surface area (Å²) in [6.07, 6.45) is 1.65. The maximum atomic E-state index is 6.26. The van der Waals surface area contributed by atoms with Gasteiger partial charge in [0.1, 0.15) is 5.82 Å². The Balaban J connectivity index is 1.86. The van der Waals surface area contributed by atoms with Gasteiger partial charge in [-0.3, -0.25) is 0 Å². The van der Waals surface area contributed by atoms with Crippen LogP contribution in [0, 0.1) is 0 Å². The first-order valence-electron chi connectivity index (χ1n) is 8.55. The molecule has 3 aromatic carbocycles. The molecule has 2 nitrogen and oxygen atoms in total. The summed E-state index contributed by atoms with van der Waals surface area (Å²) in [4.78, 5) is 4.77. The van der Waals surface area contributed by atoms with E-state index < -0.39 is 0 Å². The molecule has 25 heavy (non-hydrogen) atoms. The maximum Gasteiger partial charge on any atom is 0.131 e. The van der Waals surface area contributed by atoms with Crippen molar-refractivity contribution < 1.29 is 0 Å². The first-order valence-corrected chi connectivity index (χ1v) is 8.55. The lowest BCUT2D eigenvalue weighted by Gasteiger charge is -2.15. The van der Waals surface area contributed by atoms with E-state index >= 15 is 0 Å². The highest BCUT2D eigenvalue weighted by Crippen LogP contribution is 2.29. The first kappa shape index (κ1) is 15.4. The van der Waals surface area contributed by atoms with Gasteiger partial charge in [0.25, 0.3) is 0 Å². The Labute approximate surface area is 148 Å². The molecule has 122 valence electrons. The van der Waals surface area contributed by atoms with Crippen LogP contribution in [0.15, 0.2) is 84.9 Å². The Bertz CT molecular complexity index is 992. The van der Waals surface area contributed by atoms with E-state index in [1.807, 2.05) is 18.2 Å². The molecule has 0 saturated heterocycles. The molecule has 0 atom stereocenters. The van der Waals surface area contributed by atoms with Crippen LogP contribution in [0.2, 0.25) is 0 Å². The number of nitrogens with zero attached hydrogens (tertiary/aromatic N) is 1. The van der Waals surface area contributed by atoms with Crippen molar-refractivity contribution in [3.8, 4) is 0 Å². The average Bonchev–Trinajstić information content (AvgIpc) is 2.67. The quantitative estimate of drug-likeness (QED) is 0.574. The lowest BCUT2D eigenvalue weighted by molar-refractivity contribution is 1.03. The Hall–Kier alpha value is -3.13. The number of benzene rings is 3. The Morgan fingerprint density at radius 1 is 0.600 bits per heavy atom. The molecule has 0 radical (unpaired) electrons. The smallest absolute Gasteiger partial charge is 0.131 e. The third kappa shape index (κ3) is 3.24.